The van der Waals surface area contributed by atoms with Crippen LogP contribution in [0.25, 0.3) is 11.4 Å². The van der Waals surface area contributed by atoms with Gasteiger partial charge in [0.2, 0.25) is 0 Å². The molecule has 1 aromatic heterocycles. The fourth-order valence-electron chi connectivity index (χ4n) is 2.60. The maximum absolute atomic E-state index is 5.32. The van der Waals surface area contributed by atoms with E-state index in [4.69, 9.17) is 19.4 Å². The third-order valence-electron chi connectivity index (χ3n) is 3.72. The second-order valence-corrected chi connectivity index (χ2v) is 4.98. The van der Waals surface area contributed by atoms with Gasteiger partial charge in [-0.05, 0) is 18.6 Å². The normalized spacial score (nSPS) is 13.1. The molecular weight excluding hydrogens is 266 g/mol. The number of hydrogen-bond acceptors (Lipinski definition) is 5. The van der Waals surface area contributed by atoms with E-state index in [1.54, 1.807) is 14.2 Å². The number of fused-ring (bicyclic) bond motifs is 1. The lowest BCUT2D eigenvalue weighted by Crippen LogP contribution is -2.03. The van der Waals surface area contributed by atoms with Crippen LogP contribution >= 0.6 is 0 Å². The van der Waals surface area contributed by atoms with Crippen molar-refractivity contribution in [2.24, 2.45) is 0 Å². The Morgan fingerprint density at radius 1 is 1.05 bits per heavy atom. The largest absolute Gasteiger partial charge is 0.497 e. The maximum atomic E-state index is 5.32. The average molecular weight is 285 g/mol. The van der Waals surface area contributed by atoms with Gasteiger partial charge in [-0.3, -0.25) is 0 Å². The van der Waals surface area contributed by atoms with Crippen molar-refractivity contribution in [2.45, 2.75) is 26.4 Å². The Hall–Kier alpha value is -2.14. The summed E-state index contributed by atoms with van der Waals surface area (Å²) in [4.78, 5) is 9.42. The highest BCUT2D eigenvalue weighted by Gasteiger charge is 2.19. The Balaban J connectivity index is 2.12. The number of methoxy groups -OCH3 is 2. The number of benzene rings is 1. The van der Waals surface area contributed by atoms with Gasteiger partial charge in [-0.2, -0.15) is 0 Å². The quantitative estimate of drug-likeness (QED) is 0.934. The Morgan fingerprint density at radius 3 is 2.38 bits per heavy atom. The Morgan fingerprint density at radius 2 is 1.76 bits per heavy atom. The third kappa shape index (κ3) is 2.56. The molecule has 0 amide bonds. The lowest BCUT2D eigenvalue weighted by atomic mass is 10.1. The van der Waals surface area contributed by atoms with Crippen LogP contribution in [-0.2, 0) is 19.5 Å². The van der Waals surface area contributed by atoms with Crippen LogP contribution in [0.5, 0.6) is 11.5 Å². The molecule has 0 aliphatic carbocycles. The summed E-state index contributed by atoms with van der Waals surface area (Å²) in [6.07, 6.45) is 0.903. The van der Waals surface area contributed by atoms with Crippen molar-refractivity contribution in [1.29, 1.82) is 0 Å². The molecule has 1 aliphatic heterocycles. The van der Waals surface area contributed by atoms with Gasteiger partial charge in [0.15, 0.2) is 5.82 Å². The number of aromatic nitrogens is 2. The number of rotatable bonds is 4. The zero-order chi connectivity index (χ0) is 14.8. The summed E-state index contributed by atoms with van der Waals surface area (Å²) in [6.45, 7) is 3.79. The number of hydrogen-bond donors (Lipinski definition) is 1. The van der Waals surface area contributed by atoms with Gasteiger partial charge in [-0.15, -0.1) is 0 Å². The molecule has 0 bridgehead atoms. The smallest absolute Gasteiger partial charge is 0.159 e. The highest BCUT2D eigenvalue weighted by Crippen LogP contribution is 2.29. The van der Waals surface area contributed by atoms with E-state index in [1.165, 1.54) is 5.56 Å². The molecule has 1 aliphatic rings. The minimum Gasteiger partial charge on any atom is -0.497 e. The number of aryl methyl sites for hydroxylation is 1. The van der Waals surface area contributed by atoms with Gasteiger partial charge in [0.25, 0.3) is 0 Å². The molecule has 5 heteroatoms. The van der Waals surface area contributed by atoms with Crippen LogP contribution in [0.2, 0.25) is 0 Å². The van der Waals surface area contributed by atoms with Crippen molar-refractivity contribution in [2.75, 3.05) is 14.2 Å². The molecule has 0 radical (unpaired) electrons. The van der Waals surface area contributed by atoms with Crippen LogP contribution in [0.1, 0.15) is 23.9 Å². The molecule has 0 atom stereocenters. The molecule has 0 fully saturated rings. The van der Waals surface area contributed by atoms with Crippen molar-refractivity contribution >= 4 is 0 Å². The molecule has 2 aromatic rings. The summed E-state index contributed by atoms with van der Waals surface area (Å²) in [5, 5.41) is 3.33. The van der Waals surface area contributed by atoms with Gasteiger partial charge < -0.3 is 14.8 Å². The fourth-order valence-corrected chi connectivity index (χ4v) is 2.60. The first-order valence-corrected chi connectivity index (χ1v) is 7.08. The molecule has 0 unspecified atom stereocenters. The van der Waals surface area contributed by atoms with E-state index >= 15 is 0 Å². The highest BCUT2D eigenvalue weighted by atomic mass is 16.5. The predicted molar refractivity (Wildman–Crippen MR) is 80.5 cm³/mol. The summed E-state index contributed by atoms with van der Waals surface area (Å²) in [6, 6.07) is 5.72. The van der Waals surface area contributed by atoms with E-state index in [1.807, 2.05) is 18.2 Å². The third-order valence-corrected chi connectivity index (χ3v) is 3.72. The van der Waals surface area contributed by atoms with Gasteiger partial charge in [0, 0.05) is 36.0 Å². The van der Waals surface area contributed by atoms with Crippen molar-refractivity contribution in [3.05, 3.63) is 35.2 Å². The van der Waals surface area contributed by atoms with E-state index in [-0.39, 0.29) is 0 Å². The van der Waals surface area contributed by atoms with E-state index in [0.29, 0.717) is 0 Å². The summed E-state index contributed by atoms with van der Waals surface area (Å²) in [5.74, 6) is 2.21. The highest BCUT2D eigenvalue weighted by molar-refractivity contribution is 5.61. The molecule has 0 spiro atoms. The zero-order valence-electron chi connectivity index (χ0n) is 12.6. The first kappa shape index (κ1) is 13.8. The van der Waals surface area contributed by atoms with Crippen LogP contribution < -0.4 is 14.8 Å². The van der Waals surface area contributed by atoms with Gasteiger partial charge in [0.05, 0.1) is 19.9 Å². The van der Waals surface area contributed by atoms with Crippen LogP contribution in [0.4, 0.5) is 0 Å². The Bertz CT molecular complexity index is 649. The maximum Gasteiger partial charge on any atom is 0.159 e. The standard InChI is InChI=1S/C16H19N3O2/c1-4-14-13-8-17-9-15(13)19-16(18-14)10-5-11(20-2)7-12(6-10)21-3/h5-7,17H,4,8-9H2,1-3H3. The number of ether oxygens (including phenoxy) is 2. The second-order valence-electron chi connectivity index (χ2n) is 4.98. The minimum absolute atomic E-state index is 0.728. The van der Waals surface area contributed by atoms with Gasteiger partial charge in [-0.25, -0.2) is 9.97 Å². The van der Waals surface area contributed by atoms with Gasteiger partial charge >= 0.3 is 0 Å². The lowest BCUT2D eigenvalue weighted by molar-refractivity contribution is 0.394. The molecule has 0 saturated carbocycles. The fraction of sp³-hybridized carbons (Fsp3) is 0.375. The summed E-state index contributed by atoms with van der Waals surface area (Å²) in [7, 11) is 3.28. The minimum atomic E-state index is 0.728. The van der Waals surface area contributed by atoms with E-state index in [9.17, 15) is 0 Å². The summed E-state index contributed by atoms with van der Waals surface area (Å²) < 4.78 is 10.6. The van der Waals surface area contributed by atoms with E-state index < -0.39 is 0 Å². The molecule has 5 nitrogen and oxygen atoms in total. The first-order chi connectivity index (χ1) is 10.2. The van der Waals surface area contributed by atoms with Crippen molar-refractivity contribution in [1.82, 2.24) is 15.3 Å². The monoisotopic (exact) mass is 285 g/mol. The number of nitrogens with zero attached hydrogens (tertiary/aromatic N) is 2. The molecule has 3 rings (SSSR count). The summed E-state index contributed by atoms with van der Waals surface area (Å²) in [5.41, 5.74) is 4.37. The first-order valence-electron chi connectivity index (χ1n) is 7.08. The second kappa shape index (κ2) is 5.69. The Kier molecular flexibility index (Phi) is 3.75. The van der Waals surface area contributed by atoms with Crippen LogP contribution in [-0.4, -0.2) is 24.2 Å². The topological polar surface area (TPSA) is 56.3 Å². The molecule has 110 valence electrons. The molecule has 1 N–H and O–H groups in total. The number of nitrogens with one attached hydrogen (secondary N) is 1. The van der Waals surface area contributed by atoms with Crippen LogP contribution in [0.3, 0.4) is 0 Å². The lowest BCUT2D eigenvalue weighted by Gasteiger charge is -2.11. The Labute approximate surface area is 124 Å². The van der Waals surface area contributed by atoms with E-state index in [2.05, 4.69) is 12.2 Å². The zero-order valence-corrected chi connectivity index (χ0v) is 12.6. The summed E-state index contributed by atoms with van der Waals surface area (Å²) >= 11 is 0. The van der Waals surface area contributed by atoms with E-state index in [0.717, 1.165) is 53.8 Å². The van der Waals surface area contributed by atoms with Crippen molar-refractivity contribution in [3.63, 3.8) is 0 Å². The average Bonchev–Trinajstić information content (AvgIpc) is 3.01. The predicted octanol–water partition coefficient (Wildman–Crippen LogP) is 2.33. The SMILES string of the molecule is CCc1nc(-c2cc(OC)cc(OC)c2)nc2c1CNC2. The molecule has 1 aromatic carbocycles. The van der Waals surface area contributed by atoms with Gasteiger partial charge in [0.1, 0.15) is 11.5 Å². The van der Waals surface area contributed by atoms with Crippen molar-refractivity contribution in [3.8, 4) is 22.9 Å². The van der Waals surface area contributed by atoms with Crippen LogP contribution in [0, 0.1) is 0 Å². The van der Waals surface area contributed by atoms with Crippen LogP contribution in [0.15, 0.2) is 18.2 Å². The molecule has 0 saturated heterocycles. The molecular formula is C16H19N3O2. The van der Waals surface area contributed by atoms with Gasteiger partial charge in [-0.1, -0.05) is 6.92 Å². The van der Waals surface area contributed by atoms with Crippen molar-refractivity contribution < 1.29 is 9.47 Å². The molecule has 2 heterocycles. The molecule has 21 heavy (non-hydrogen) atoms.